The maximum atomic E-state index is 11.9. The summed E-state index contributed by atoms with van der Waals surface area (Å²) in [6.07, 6.45) is 12.6. The van der Waals surface area contributed by atoms with Gasteiger partial charge in [-0.15, -0.1) is 0 Å². The van der Waals surface area contributed by atoms with E-state index in [1.54, 1.807) is 25.4 Å². The number of H-pyrrole nitrogens is 1. The molecule has 0 amide bonds. The average Bonchev–Trinajstić information content (AvgIpc) is 3.37. The third kappa shape index (κ3) is 6.24. The van der Waals surface area contributed by atoms with E-state index in [-0.39, 0.29) is 0 Å². The summed E-state index contributed by atoms with van der Waals surface area (Å²) in [5.41, 5.74) is 6.22. The number of ether oxygens (including phenoxy) is 1. The molecule has 0 fully saturated rings. The molecule has 1 aromatic carbocycles. The number of carbonyl (C=O) groups is 1. The van der Waals surface area contributed by atoms with Gasteiger partial charge < -0.3 is 25.7 Å². The Balaban J connectivity index is 1.37. The molecule has 0 saturated carbocycles. The van der Waals surface area contributed by atoms with Crippen molar-refractivity contribution in [1.82, 2.24) is 25.3 Å². The van der Waals surface area contributed by atoms with Gasteiger partial charge >= 0.3 is 5.97 Å². The highest BCUT2D eigenvalue weighted by molar-refractivity contribution is 5.95. The number of aromatic nitrogens is 4. The number of anilines is 3. The van der Waals surface area contributed by atoms with E-state index in [4.69, 9.17) is 9.72 Å². The molecule has 0 atom stereocenters. The van der Waals surface area contributed by atoms with Gasteiger partial charge in [-0.05, 0) is 61.9 Å². The fourth-order valence-electron chi connectivity index (χ4n) is 4.38. The van der Waals surface area contributed by atoms with Crippen LogP contribution < -0.4 is 16.0 Å². The lowest BCUT2D eigenvalue weighted by molar-refractivity contribution is -0.137. The van der Waals surface area contributed by atoms with E-state index in [0.29, 0.717) is 30.5 Å². The van der Waals surface area contributed by atoms with E-state index in [2.05, 4.69) is 55.3 Å². The van der Waals surface area contributed by atoms with Crippen LogP contribution in [0.15, 0.2) is 67.1 Å². The summed E-state index contributed by atoms with van der Waals surface area (Å²) in [5, 5.41) is 11.2. The van der Waals surface area contributed by atoms with Crippen LogP contribution in [0.2, 0.25) is 0 Å². The third-order valence-corrected chi connectivity index (χ3v) is 6.25. The molecular formula is C29H31N7O2. The van der Waals surface area contributed by atoms with Gasteiger partial charge in [-0.25, -0.2) is 9.78 Å². The smallest absolute Gasteiger partial charge is 0.330 e. The van der Waals surface area contributed by atoms with Gasteiger partial charge in [-0.2, -0.15) is 4.98 Å². The second-order valence-electron chi connectivity index (χ2n) is 8.85. The lowest BCUT2D eigenvalue weighted by Crippen LogP contribution is -2.19. The molecule has 4 aromatic rings. The monoisotopic (exact) mass is 509 g/mol. The van der Waals surface area contributed by atoms with Crippen molar-refractivity contribution < 1.29 is 9.53 Å². The molecule has 0 spiro atoms. The molecule has 5 rings (SSSR count). The molecule has 0 bridgehead atoms. The molecule has 3 aromatic heterocycles. The van der Waals surface area contributed by atoms with Crippen LogP contribution in [0.1, 0.15) is 30.2 Å². The van der Waals surface area contributed by atoms with E-state index in [9.17, 15) is 4.79 Å². The van der Waals surface area contributed by atoms with E-state index in [0.717, 1.165) is 48.2 Å². The number of pyridine rings is 1. The highest BCUT2D eigenvalue weighted by Crippen LogP contribution is 2.30. The summed E-state index contributed by atoms with van der Waals surface area (Å²) in [4.78, 5) is 28.8. The Morgan fingerprint density at radius 3 is 2.97 bits per heavy atom. The summed E-state index contributed by atoms with van der Waals surface area (Å²) >= 11 is 0. The van der Waals surface area contributed by atoms with Crippen molar-refractivity contribution in [3.63, 3.8) is 0 Å². The van der Waals surface area contributed by atoms with Crippen molar-refractivity contribution in [3.05, 3.63) is 84.0 Å². The van der Waals surface area contributed by atoms with Gasteiger partial charge in [-0.1, -0.05) is 12.1 Å². The zero-order valence-corrected chi connectivity index (χ0v) is 21.3. The number of aromatic amines is 1. The molecule has 0 saturated heterocycles. The fourth-order valence-corrected chi connectivity index (χ4v) is 4.38. The van der Waals surface area contributed by atoms with Gasteiger partial charge in [0.25, 0.3) is 0 Å². The van der Waals surface area contributed by atoms with Gasteiger partial charge in [-0.3, -0.25) is 4.98 Å². The standard InChI is InChI=1S/C29H31N7O2/c1-2-38-27(37)9-6-21-18-34-29(36-28(21)32-16-12-22-5-3-4-13-31-22)35-23-7-8-26-24(17-23)25(19-33-26)20-10-14-30-15-11-20/h3-10,13,17-19,30,33H,2,11-12,14-16H2,1H3,(H2,32,34,35,36). The molecule has 0 radical (unpaired) electrons. The van der Waals surface area contributed by atoms with Crippen LogP contribution >= 0.6 is 0 Å². The molecular weight excluding hydrogens is 478 g/mol. The summed E-state index contributed by atoms with van der Waals surface area (Å²) in [5.74, 6) is 0.659. The van der Waals surface area contributed by atoms with Crippen molar-refractivity contribution in [1.29, 1.82) is 0 Å². The number of esters is 1. The highest BCUT2D eigenvalue weighted by atomic mass is 16.5. The fraction of sp³-hybridized carbons (Fsp3) is 0.241. The normalized spacial score (nSPS) is 13.4. The SMILES string of the molecule is CCOC(=O)C=Cc1cnc(Nc2ccc3[nH]cc(C4=CCNCC4)c3c2)nc1NCCc1ccccn1. The van der Waals surface area contributed by atoms with Crippen LogP contribution in [-0.2, 0) is 16.0 Å². The number of nitrogens with zero attached hydrogens (tertiary/aromatic N) is 3. The maximum absolute atomic E-state index is 11.9. The Hall–Kier alpha value is -4.50. The number of fused-ring (bicyclic) bond motifs is 1. The molecule has 9 nitrogen and oxygen atoms in total. The van der Waals surface area contributed by atoms with Gasteiger partial charge in [0.05, 0.1) is 6.61 Å². The Morgan fingerprint density at radius 1 is 1.21 bits per heavy atom. The number of carbonyl (C=O) groups excluding carboxylic acids is 1. The second-order valence-corrected chi connectivity index (χ2v) is 8.85. The number of nitrogens with one attached hydrogen (secondary N) is 4. The van der Waals surface area contributed by atoms with E-state index < -0.39 is 5.97 Å². The maximum Gasteiger partial charge on any atom is 0.330 e. The summed E-state index contributed by atoms with van der Waals surface area (Å²) in [7, 11) is 0. The molecule has 4 heterocycles. The number of hydrogen-bond donors (Lipinski definition) is 4. The quantitative estimate of drug-likeness (QED) is 0.179. The highest BCUT2D eigenvalue weighted by Gasteiger charge is 2.13. The number of benzene rings is 1. The summed E-state index contributed by atoms with van der Waals surface area (Å²) in [6, 6.07) is 12.0. The predicted molar refractivity (Wildman–Crippen MR) is 151 cm³/mol. The van der Waals surface area contributed by atoms with E-state index in [1.807, 2.05) is 24.3 Å². The average molecular weight is 510 g/mol. The summed E-state index contributed by atoms with van der Waals surface area (Å²) < 4.78 is 5.01. The molecule has 4 N–H and O–H groups in total. The van der Waals surface area contributed by atoms with Crippen LogP contribution in [0.3, 0.4) is 0 Å². The van der Waals surface area contributed by atoms with Crippen molar-refractivity contribution in [3.8, 4) is 0 Å². The van der Waals surface area contributed by atoms with Crippen LogP contribution in [-0.4, -0.2) is 52.1 Å². The molecule has 0 unspecified atom stereocenters. The van der Waals surface area contributed by atoms with Gasteiger partial charge in [0, 0.05) is 77.6 Å². The minimum Gasteiger partial charge on any atom is -0.463 e. The Morgan fingerprint density at radius 2 is 2.16 bits per heavy atom. The molecule has 1 aliphatic heterocycles. The molecule has 194 valence electrons. The predicted octanol–water partition coefficient (Wildman–Crippen LogP) is 4.70. The van der Waals surface area contributed by atoms with Crippen LogP contribution in [0.5, 0.6) is 0 Å². The molecule has 1 aliphatic rings. The minimum atomic E-state index is -0.409. The van der Waals surface area contributed by atoms with Crippen molar-refractivity contribution >= 4 is 46.0 Å². The minimum absolute atomic E-state index is 0.319. The van der Waals surface area contributed by atoms with E-state index >= 15 is 0 Å². The second kappa shape index (κ2) is 12.2. The summed E-state index contributed by atoms with van der Waals surface area (Å²) in [6.45, 7) is 4.59. The van der Waals surface area contributed by atoms with Crippen LogP contribution in [0.25, 0.3) is 22.6 Å². The molecule has 9 heteroatoms. The third-order valence-electron chi connectivity index (χ3n) is 6.25. The Labute approximate surface area is 221 Å². The first-order valence-corrected chi connectivity index (χ1v) is 12.8. The van der Waals surface area contributed by atoms with E-state index in [1.165, 1.54) is 17.2 Å². The molecule has 38 heavy (non-hydrogen) atoms. The van der Waals surface area contributed by atoms with Crippen molar-refractivity contribution in [2.45, 2.75) is 19.8 Å². The lowest BCUT2D eigenvalue weighted by Gasteiger charge is -2.14. The Bertz CT molecular complexity index is 1460. The lowest BCUT2D eigenvalue weighted by atomic mass is 9.99. The van der Waals surface area contributed by atoms with Crippen LogP contribution in [0, 0.1) is 0 Å². The first kappa shape index (κ1) is 25.2. The topological polar surface area (TPSA) is 117 Å². The number of rotatable bonds is 10. The zero-order chi connectivity index (χ0) is 26.2. The van der Waals surface area contributed by atoms with Crippen LogP contribution in [0.4, 0.5) is 17.5 Å². The van der Waals surface area contributed by atoms with Crippen molar-refractivity contribution in [2.24, 2.45) is 0 Å². The number of hydrogen-bond acceptors (Lipinski definition) is 8. The first-order chi connectivity index (χ1) is 18.7. The van der Waals surface area contributed by atoms with Gasteiger partial charge in [0.15, 0.2) is 0 Å². The first-order valence-electron chi connectivity index (χ1n) is 12.8. The van der Waals surface area contributed by atoms with Gasteiger partial charge in [0.1, 0.15) is 5.82 Å². The van der Waals surface area contributed by atoms with Crippen molar-refractivity contribution in [2.75, 3.05) is 36.9 Å². The Kier molecular flexibility index (Phi) is 8.05. The van der Waals surface area contributed by atoms with Gasteiger partial charge in [0.2, 0.25) is 5.95 Å². The molecule has 0 aliphatic carbocycles. The zero-order valence-electron chi connectivity index (χ0n) is 21.3. The largest absolute Gasteiger partial charge is 0.463 e.